The fourth-order valence-electron chi connectivity index (χ4n) is 3.92. The van der Waals surface area contributed by atoms with Crippen molar-refractivity contribution in [3.63, 3.8) is 0 Å². The van der Waals surface area contributed by atoms with Crippen LogP contribution in [0.15, 0.2) is 23.3 Å². The van der Waals surface area contributed by atoms with Gasteiger partial charge in [-0.05, 0) is 58.0 Å². The second kappa shape index (κ2) is 8.45. The molecule has 1 N–H and O–H groups in total. The van der Waals surface area contributed by atoms with Crippen molar-refractivity contribution in [3.8, 4) is 0 Å². The van der Waals surface area contributed by atoms with Crippen LogP contribution in [0.3, 0.4) is 0 Å². The highest BCUT2D eigenvalue weighted by atomic mass is 32.1. The molecule has 1 fully saturated rings. The van der Waals surface area contributed by atoms with Crippen LogP contribution in [-0.2, 0) is 11.3 Å². The molecule has 4 rings (SSSR count). The van der Waals surface area contributed by atoms with E-state index in [1.54, 1.807) is 22.1 Å². The van der Waals surface area contributed by atoms with Crippen LogP contribution in [0, 0.1) is 6.92 Å². The summed E-state index contributed by atoms with van der Waals surface area (Å²) in [5, 5.41) is 7.11. The number of fused-ring (bicyclic) bond motifs is 3. The van der Waals surface area contributed by atoms with E-state index in [0.717, 1.165) is 23.2 Å². The number of rotatable bonds is 6. The van der Waals surface area contributed by atoms with E-state index in [1.807, 2.05) is 13.0 Å². The zero-order valence-corrected chi connectivity index (χ0v) is 17.1. The molecule has 0 atom stereocenters. The van der Waals surface area contributed by atoms with Gasteiger partial charge in [-0.3, -0.25) is 14.0 Å². The molecular formula is C20H27N5O2S. The first-order valence-corrected chi connectivity index (χ1v) is 10.9. The van der Waals surface area contributed by atoms with E-state index < -0.39 is 0 Å². The summed E-state index contributed by atoms with van der Waals surface area (Å²) in [6.45, 7) is 5.99. The summed E-state index contributed by atoms with van der Waals surface area (Å²) in [6.07, 6.45) is 7.78. The predicted molar refractivity (Wildman–Crippen MR) is 112 cm³/mol. The molecule has 4 heterocycles. The molecule has 0 spiro atoms. The van der Waals surface area contributed by atoms with Gasteiger partial charge in [0, 0.05) is 11.4 Å². The van der Waals surface area contributed by atoms with Gasteiger partial charge in [-0.2, -0.15) is 5.10 Å². The number of amides is 1. The molecular weight excluding hydrogens is 374 g/mol. The van der Waals surface area contributed by atoms with Gasteiger partial charge in [0.2, 0.25) is 5.91 Å². The zero-order valence-electron chi connectivity index (χ0n) is 16.3. The van der Waals surface area contributed by atoms with E-state index in [-0.39, 0.29) is 18.0 Å². The Morgan fingerprint density at radius 3 is 2.75 bits per heavy atom. The van der Waals surface area contributed by atoms with Crippen LogP contribution in [-0.4, -0.2) is 51.2 Å². The average molecular weight is 402 g/mol. The van der Waals surface area contributed by atoms with E-state index in [4.69, 9.17) is 0 Å². The van der Waals surface area contributed by atoms with Crippen LogP contribution in [0.5, 0.6) is 0 Å². The zero-order chi connectivity index (χ0) is 19.5. The van der Waals surface area contributed by atoms with Crippen molar-refractivity contribution in [1.29, 1.82) is 0 Å². The van der Waals surface area contributed by atoms with Crippen molar-refractivity contribution in [2.75, 3.05) is 26.2 Å². The van der Waals surface area contributed by atoms with Gasteiger partial charge >= 0.3 is 0 Å². The monoisotopic (exact) mass is 401 g/mol. The van der Waals surface area contributed by atoms with Crippen LogP contribution < -0.4 is 10.9 Å². The third-order valence-electron chi connectivity index (χ3n) is 5.38. The van der Waals surface area contributed by atoms with Crippen molar-refractivity contribution in [2.45, 2.75) is 45.6 Å². The minimum absolute atomic E-state index is 0.0447. The molecule has 0 unspecified atom stereocenters. The van der Waals surface area contributed by atoms with Gasteiger partial charge in [-0.15, -0.1) is 11.3 Å². The maximum atomic E-state index is 12.7. The smallest absolute Gasteiger partial charge is 0.291 e. The Morgan fingerprint density at radius 2 is 1.96 bits per heavy atom. The maximum absolute atomic E-state index is 12.7. The average Bonchev–Trinajstić information content (AvgIpc) is 3.06. The first kappa shape index (κ1) is 19.1. The number of hydrogen-bond donors (Lipinski definition) is 1. The quantitative estimate of drug-likeness (QED) is 0.644. The van der Waals surface area contributed by atoms with Crippen molar-refractivity contribution < 1.29 is 4.79 Å². The summed E-state index contributed by atoms with van der Waals surface area (Å²) in [5.41, 5.74) is 1.32. The number of aryl methyl sites for hydroxylation is 1. The molecule has 0 aliphatic carbocycles. The van der Waals surface area contributed by atoms with Crippen LogP contribution >= 0.6 is 11.3 Å². The summed E-state index contributed by atoms with van der Waals surface area (Å²) in [6, 6.07) is 3.93. The molecule has 3 aromatic heterocycles. The van der Waals surface area contributed by atoms with E-state index in [2.05, 4.69) is 21.4 Å². The summed E-state index contributed by atoms with van der Waals surface area (Å²) < 4.78 is 4.11. The first-order valence-electron chi connectivity index (χ1n) is 10.1. The molecule has 8 heteroatoms. The molecule has 0 radical (unpaired) electrons. The number of nitrogens with one attached hydrogen (secondary N) is 1. The van der Waals surface area contributed by atoms with Crippen LogP contribution in [0.2, 0.25) is 0 Å². The van der Waals surface area contributed by atoms with Crippen LogP contribution in [0.4, 0.5) is 0 Å². The number of likely N-dealkylation sites (tertiary alicyclic amines) is 1. The largest absolute Gasteiger partial charge is 0.354 e. The Hall–Kier alpha value is -2.19. The van der Waals surface area contributed by atoms with E-state index >= 15 is 0 Å². The van der Waals surface area contributed by atoms with Crippen molar-refractivity contribution in [2.24, 2.45) is 0 Å². The second-order valence-corrected chi connectivity index (χ2v) is 8.85. The summed E-state index contributed by atoms with van der Waals surface area (Å²) in [7, 11) is 0. The molecule has 28 heavy (non-hydrogen) atoms. The molecule has 1 amide bonds. The van der Waals surface area contributed by atoms with E-state index in [9.17, 15) is 9.59 Å². The highest BCUT2D eigenvalue weighted by Crippen LogP contribution is 2.26. The molecule has 1 aliphatic rings. The summed E-state index contributed by atoms with van der Waals surface area (Å²) in [4.78, 5) is 28.6. The van der Waals surface area contributed by atoms with Gasteiger partial charge in [0.15, 0.2) is 0 Å². The Morgan fingerprint density at radius 1 is 1.18 bits per heavy atom. The molecule has 0 bridgehead atoms. The van der Waals surface area contributed by atoms with Crippen molar-refractivity contribution in [1.82, 2.24) is 24.4 Å². The number of aromatic nitrogens is 3. The molecule has 0 aromatic carbocycles. The fourth-order valence-corrected chi connectivity index (χ4v) is 4.87. The molecule has 7 nitrogen and oxygen atoms in total. The lowest BCUT2D eigenvalue weighted by atomic mass is 10.2. The first-order chi connectivity index (χ1) is 13.6. The van der Waals surface area contributed by atoms with Crippen molar-refractivity contribution in [3.05, 3.63) is 33.7 Å². The third-order valence-corrected chi connectivity index (χ3v) is 6.36. The molecule has 1 aliphatic heterocycles. The Kier molecular flexibility index (Phi) is 5.77. The van der Waals surface area contributed by atoms with Crippen molar-refractivity contribution >= 4 is 33.0 Å². The van der Waals surface area contributed by atoms with E-state index in [0.29, 0.717) is 12.1 Å². The predicted octanol–water partition coefficient (Wildman–Crippen LogP) is 2.40. The fraction of sp³-hybridized carbons (Fsp3) is 0.550. The topological polar surface area (TPSA) is 71.6 Å². The minimum atomic E-state index is -0.233. The number of hydrogen-bond acceptors (Lipinski definition) is 5. The number of nitrogens with zero attached hydrogens (tertiary/aromatic N) is 4. The summed E-state index contributed by atoms with van der Waals surface area (Å²) >= 11 is 1.65. The van der Waals surface area contributed by atoms with Gasteiger partial charge < -0.3 is 10.2 Å². The standard InChI is InChI=1S/C20H27N5O2S/c1-15-11-16-18(28-15)12-17-20(27)25(22-14-24(16)17)13-19(26)21-7-6-10-23-8-4-2-3-5-9-23/h11-12,14H,2-10,13H2,1H3,(H,21,26). The number of carbonyl (C=O) groups is 1. The van der Waals surface area contributed by atoms with Gasteiger partial charge in [0.1, 0.15) is 18.4 Å². The highest BCUT2D eigenvalue weighted by molar-refractivity contribution is 7.19. The van der Waals surface area contributed by atoms with Gasteiger partial charge in [-0.1, -0.05) is 12.8 Å². The van der Waals surface area contributed by atoms with Crippen LogP contribution in [0.1, 0.15) is 37.0 Å². The number of thiophene rings is 1. The maximum Gasteiger partial charge on any atom is 0.291 e. The summed E-state index contributed by atoms with van der Waals surface area (Å²) in [5.74, 6) is -0.168. The van der Waals surface area contributed by atoms with Crippen LogP contribution in [0.25, 0.3) is 15.7 Å². The molecule has 150 valence electrons. The Labute approximate surface area is 167 Å². The molecule has 3 aromatic rings. The molecule has 1 saturated heterocycles. The number of carbonyl (C=O) groups excluding carboxylic acids is 1. The lowest BCUT2D eigenvalue weighted by molar-refractivity contribution is -0.121. The van der Waals surface area contributed by atoms with Gasteiger partial charge in [0.25, 0.3) is 5.56 Å². The second-order valence-electron chi connectivity index (χ2n) is 7.56. The Bertz CT molecular complexity index is 1030. The lowest BCUT2D eigenvalue weighted by Gasteiger charge is -2.19. The van der Waals surface area contributed by atoms with Gasteiger partial charge in [-0.25, -0.2) is 4.68 Å². The normalized spacial score (nSPS) is 15.9. The third kappa shape index (κ3) is 4.12. The Balaban J connectivity index is 1.33. The SMILES string of the molecule is Cc1cc2c(cc3c(=O)n(CC(=O)NCCCN4CCCCCC4)ncn32)s1. The minimum Gasteiger partial charge on any atom is -0.354 e. The van der Waals surface area contributed by atoms with Gasteiger partial charge in [0.05, 0.1) is 10.2 Å². The van der Waals surface area contributed by atoms with E-state index in [1.165, 1.54) is 48.3 Å². The molecule has 0 saturated carbocycles. The lowest BCUT2D eigenvalue weighted by Crippen LogP contribution is -2.35. The highest BCUT2D eigenvalue weighted by Gasteiger charge is 2.13.